The SMILES string of the molecule is CC(C)n1cnc2cc(N3CCN(CC4CNC(=O)CO4)CC3)ccc2c1=O. The van der Waals surface area contributed by atoms with Gasteiger partial charge in [0.25, 0.3) is 5.56 Å². The quantitative estimate of drug-likeness (QED) is 0.831. The minimum absolute atomic E-state index is 0.0101. The van der Waals surface area contributed by atoms with Gasteiger partial charge in [-0.3, -0.25) is 19.1 Å². The van der Waals surface area contributed by atoms with Crippen LogP contribution in [0.25, 0.3) is 10.9 Å². The van der Waals surface area contributed by atoms with Gasteiger partial charge in [-0.05, 0) is 32.0 Å². The van der Waals surface area contributed by atoms with Crippen molar-refractivity contribution in [3.05, 3.63) is 34.9 Å². The second-order valence-corrected chi connectivity index (χ2v) is 7.78. The largest absolute Gasteiger partial charge is 0.369 e. The molecule has 1 aromatic carbocycles. The molecule has 2 fully saturated rings. The molecular formula is C20H27N5O3. The highest BCUT2D eigenvalue weighted by Crippen LogP contribution is 2.21. The summed E-state index contributed by atoms with van der Waals surface area (Å²) in [6, 6.07) is 6.02. The number of amides is 1. The summed E-state index contributed by atoms with van der Waals surface area (Å²) in [5.41, 5.74) is 1.85. The normalized spacial score (nSPS) is 21.3. The van der Waals surface area contributed by atoms with Crippen molar-refractivity contribution in [3.63, 3.8) is 0 Å². The second-order valence-electron chi connectivity index (χ2n) is 7.78. The van der Waals surface area contributed by atoms with Gasteiger partial charge in [0.2, 0.25) is 5.91 Å². The van der Waals surface area contributed by atoms with Crippen molar-refractivity contribution in [3.8, 4) is 0 Å². The average molecular weight is 385 g/mol. The number of morpholine rings is 1. The number of carbonyl (C=O) groups excluding carboxylic acids is 1. The van der Waals surface area contributed by atoms with Crippen LogP contribution in [0.1, 0.15) is 19.9 Å². The molecule has 1 amide bonds. The van der Waals surface area contributed by atoms with Crippen LogP contribution in [0.3, 0.4) is 0 Å². The molecule has 28 heavy (non-hydrogen) atoms. The lowest BCUT2D eigenvalue weighted by Crippen LogP contribution is -2.52. The smallest absolute Gasteiger partial charge is 0.261 e. The first-order valence-electron chi connectivity index (χ1n) is 9.88. The Labute approximate surface area is 164 Å². The number of rotatable bonds is 4. The molecule has 2 aliphatic heterocycles. The van der Waals surface area contributed by atoms with Crippen LogP contribution < -0.4 is 15.8 Å². The molecule has 1 atom stereocenters. The third-order valence-corrected chi connectivity index (χ3v) is 5.50. The number of carbonyl (C=O) groups is 1. The molecule has 2 saturated heterocycles. The molecule has 0 aliphatic carbocycles. The van der Waals surface area contributed by atoms with Crippen LogP contribution in [0.15, 0.2) is 29.3 Å². The molecule has 2 aromatic rings. The van der Waals surface area contributed by atoms with E-state index in [0.29, 0.717) is 11.9 Å². The van der Waals surface area contributed by atoms with Crippen molar-refractivity contribution < 1.29 is 9.53 Å². The average Bonchev–Trinajstić information content (AvgIpc) is 2.70. The second kappa shape index (κ2) is 7.89. The number of fused-ring (bicyclic) bond motifs is 1. The van der Waals surface area contributed by atoms with Crippen LogP contribution in [0.4, 0.5) is 5.69 Å². The summed E-state index contributed by atoms with van der Waals surface area (Å²) in [5, 5.41) is 3.52. The molecule has 0 bridgehead atoms. The van der Waals surface area contributed by atoms with Gasteiger partial charge in [0, 0.05) is 51.0 Å². The van der Waals surface area contributed by atoms with Gasteiger partial charge < -0.3 is 15.0 Å². The first kappa shape index (κ1) is 18.9. The van der Waals surface area contributed by atoms with Crippen LogP contribution >= 0.6 is 0 Å². The van der Waals surface area contributed by atoms with Crippen LogP contribution in [0.5, 0.6) is 0 Å². The number of hydrogen-bond acceptors (Lipinski definition) is 6. The molecule has 4 rings (SSSR count). The Hall–Kier alpha value is -2.45. The Balaban J connectivity index is 1.40. The number of hydrogen-bond donors (Lipinski definition) is 1. The van der Waals surface area contributed by atoms with E-state index >= 15 is 0 Å². The van der Waals surface area contributed by atoms with Gasteiger partial charge in [0.05, 0.1) is 23.3 Å². The van der Waals surface area contributed by atoms with E-state index in [0.717, 1.165) is 43.9 Å². The van der Waals surface area contributed by atoms with Gasteiger partial charge >= 0.3 is 0 Å². The fourth-order valence-corrected chi connectivity index (χ4v) is 3.81. The number of nitrogens with one attached hydrogen (secondary N) is 1. The van der Waals surface area contributed by atoms with E-state index in [1.165, 1.54) is 0 Å². The summed E-state index contributed by atoms with van der Waals surface area (Å²) >= 11 is 0. The van der Waals surface area contributed by atoms with Crippen LogP contribution in [-0.2, 0) is 9.53 Å². The molecule has 1 aromatic heterocycles. The maximum absolute atomic E-state index is 12.6. The molecule has 0 radical (unpaired) electrons. The zero-order valence-electron chi connectivity index (χ0n) is 16.4. The molecule has 1 N–H and O–H groups in total. The van der Waals surface area contributed by atoms with Crippen molar-refractivity contribution in [2.24, 2.45) is 0 Å². The third-order valence-electron chi connectivity index (χ3n) is 5.50. The zero-order valence-corrected chi connectivity index (χ0v) is 16.4. The van der Waals surface area contributed by atoms with E-state index in [2.05, 4.69) is 20.1 Å². The molecule has 1 unspecified atom stereocenters. The predicted molar refractivity (Wildman–Crippen MR) is 108 cm³/mol. The highest BCUT2D eigenvalue weighted by atomic mass is 16.5. The van der Waals surface area contributed by atoms with Gasteiger partial charge in [-0.25, -0.2) is 4.98 Å². The predicted octanol–water partition coefficient (Wildman–Crippen LogP) is 0.614. The molecule has 3 heterocycles. The fraction of sp³-hybridized carbons (Fsp3) is 0.550. The summed E-state index contributed by atoms with van der Waals surface area (Å²) in [4.78, 5) is 33.0. The van der Waals surface area contributed by atoms with Crippen molar-refractivity contribution in [1.29, 1.82) is 0 Å². The standard InChI is InChI=1S/C20H27N5O3/c1-14(2)25-13-22-18-9-15(3-4-17(18)20(25)27)24-7-5-23(6-8-24)11-16-10-21-19(26)12-28-16/h3-4,9,13-14,16H,5-8,10-12H2,1-2H3,(H,21,26). The molecular weight excluding hydrogens is 358 g/mol. The van der Waals surface area contributed by atoms with Crippen molar-refractivity contribution in [2.75, 3.05) is 50.8 Å². The van der Waals surface area contributed by atoms with Gasteiger partial charge in [-0.1, -0.05) is 0 Å². The van der Waals surface area contributed by atoms with Crippen LogP contribution in [-0.4, -0.2) is 72.3 Å². The molecule has 8 nitrogen and oxygen atoms in total. The summed E-state index contributed by atoms with van der Waals surface area (Å²) in [6.07, 6.45) is 1.71. The monoisotopic (exact) mass is 385 g/mol. The van der Waals surface area contributed by atoms with E-state index in [1.807, 2.05) is 32.0 Å². The van der Waals surface area contributed by atoms with Crippen molar-refractivity contribution >= 4 is 22.5 Å². The Morgan fingerprint density at radius 1 is 1.21 bits per heavy atom. The minimum atomic E-state index is -0.0360. The minimum Gasteiger partial charge on any atom is -0.369 e. The Morgan fingerprint density at radius 3 is 2.68 bits per heavy atom. The molecule has 150 valence electrons. The number of benzene rings is 1. The lowest BCUT2D eigenvalue weighted by atomic mass is 10.1. The summed E-state index contributed by atoms with van der Waals surface area (Å²) < 4.78 is 7.25. The van der Waals surface area contributed by atoms with Crippen molar-refractivity contribution in [1.82, 2.24) is 19.8 Å². The summed E-state index contributed by atoms with van der Waals surface area (Å²) in [6.45, 7) is 9.24. The third kappa shape index (κ3) is 3.88. The Bertz CT molecular complexity index is 908. The van der Waals surface area contributed by atoms with E-state index in [1.54, 1.807) is 10.9 Å². The van der Waals surface area contributed by atoms with E-state index < -0.39 is 0 Å². The molecule has 8 heteroatoms. The zero-order chi connectivity index (χ0) is 19.7. The van der Waals surface area contributed by atoms with Crippen LogP contribution in [0.2, 0.25) is 0 Å². The number of aromatic nitrogens is 2. The van der Waals surface area contributed by atoms with Gasteiger partial charge in [-0.15, -0.1) is 0 Å². The number of piperazine rings is 1. The number of ether oxygens (including phenoxy) is 1. The topological polar surface area (TPSA) is 79.7 Å². The molecule has 0 spiro atoms. The first-order chi connectivity index (χ1) is 13.5. The fourth-order valence-electron chi connectivity index (χ4n) is 3.81. The summed E-state index contributed by atoms with van der Waals surface area (Å²) in [7, 11) is 0. The lowest BCUT2D eigenvalue weighted by Gasteiger charge is -2.38. The van der Waals surface area contributed by atoms with Gasteiger partial charge in [0.15, 0.2) is 0 Å². The Morgan fingerprint density at radius 2 is 2.00 bits per heavy atom. The molecule has 0 saturated carbocycles. The van der Waals surface area contributed by atoms with Gasteiger partial charge in [-0.2, -0.15) is 0 Å². The number of anilines is 1. The summed E-state index contributed by atoms with van der Waals surface area (Å²) in [5.74, 6) is -0.0360. The molecule has 2 aliphatic rings. The highest BCUT2D eigenvalue weighted by molar-refractivity contribution is 5.81. The lowest BCUT2D eigenvalue weighted by molar-refractivity contribution is -0.133. The van der Waals surface area contributed by atoms with E-state index in [9.17, 15) is 9.59 Å². The maximum Gasteiger partial charge on any atom is 0.261 e. The van der Waals surface area contributed by atoms with Crippen molar-refractivity contribution in [2.45, 2.75) is 26.0 Å². The number of nitrogens with zero attached hydrogens (tertiary/aromatic N) is 4. The van der Waals surface area contributed by atoms with Gasteiger partial charge in [0.1, 0.15) is 6.61 Å². The highest BCUT2D eigenvalue weighted by Gasteiger charge is 2.24. The first-order valence-corrected chi connectivity index (χ1v) is 9.88. The maximum atomic E-state index is 12.6. The van der Waals surface area contributed by atoms with Crippen LogP contribution in [0, 0.1) is 0 Å². The Kier molecular flexibility index (Phi) is 5.32. The van der Waals surface area contributed by atoms with E-state index in [-0.39, 0.29) is 30.2 Å². The van der Waals surface area contributed by atoms with E-state index in [4.69, 9.17) is 4.74 Å².